The zero-order valence-electron chi connectivity index (χ0n) is 15.4. The third-order valence-electron chi connectivity index (χ3n) is 5.59. The van der Waals surface area contributed by atoms with Gasteiger partial charge >= 0.3 is 0 Å². The third kappa shape index (κ3) is 4.40. The van der Waals surface area contributed by atoms with Gasteiger partial charge in [-0.25, -0.2) is 8.42 Å². The van der Waals surface area contributed by atoms with Crippen LogP contribution in [0.3, 0.4) is 0 Å². The van der Waals surface area contributed by atoms with Crippen molar-refractivity contribution in [3.8, 4) is 0 Å². The molecular formula is C18H25N3O5S. The van der Waals surface area contributed by atoms with Crippen LogP contribution < -0.4 is 5.32 Å². The molecule has 0 bridgehead atoms. The summed E-state index contributed by atoms with van der Waals surface area (Å²) in [4.78, 5) is 25.2. The number of carbonyl (C=O) groups excluding carboxylic acids is 1. The van der Waals surface area contributed by atoms with Crippen LogP contribution in [-0.2, 0) is 14.6 Å². The van der Waals surface area contributed by atoms with E-state index >= 15 is 0 Å². The second-order valence-corrected chi connectivity index (χ2v) is 9.42. The van der Waals surface area contributed by atoms with Crippen LogP contribution in [0.4, 0.5) is 11.4 Å². The Morgan fingerprint density at radius 3 is 2.67 bits per heavy atom. The van der Waals surface area contributed by atoms with E-state index in [2.05, 4.69) is 5.32 Å². The van der Waals surface area contributed by atoms with Crippen LogP contribution in [0.15, 0.2) is 23.1 Å². The van der Waals surface area contributed by atoms with Crippen LogP contribution in [-0.4, -0.2) is 49.5 Å². The lowest BCUT2D eigenvalue weighted by Gasteiger charge is -2.44. The van der Waals surface area contributed by atoms with Crippen LogP contribution in [0.5, 0.6) is 0 Å². The van der Waals surface area contributed by atoms with Gasteiger partial charge in [-0.15, -0.1) is 0 Å². The molecule has 2 atom stereocenters. The van der Waals surface area contributed by atoms with Gasteiger partial charge in [0.1, 0.15) is 5.69 Å². The first kappa shape index (κ1) is 19.6. The van der Waals surface area contributed by atoms with Gasteiger partial charge < -0.3 is 10.2 Å². The Balaban J connectivity index is 1.72. The van der Waals surface area contributed by atoms with E-state index in [1.807, 2.05) is 4.90 Å². The molecule has 1 heterocycles. The molecule has 1 saturated carbocycles. The van der Waals surface area contributed by atoms with Gasteiger partial charge in [-0.3, -0.25) is 14.9 Å². The molecule has 1 aliphatic carbocycles. The number of nitro groups is 1. The predicted molar refractivity (Wildman–Crippen MR) is 101 cm³/mol. The van der Waals surface area contributed by atoms with Gasteiger partial charge in [0.05, 0.1) is 16.4 Å². The van der Waals surface area contributed by atoms with Gasteiger partial charge in [-0.2, -0.15) is 0 Å². The van der Waals surface area contributed by atoms with Crippen molar-refractivity contribution >= 4 is 27.1 Å². The van der Waals surface area contributed by atoms with Crippen molar-refractivity contribution in [1.29, 1.82) is 0 Å². The molecule has 1 aromatic rings. The number of nitrogens with zero attached hydrogens (tertiary/aromatic N) is 2. The van der Waals surface area contributed by atoms with Crippen molar-refractivity contribution in [2.24, 2.45) is 5.92 Å². The fourth-order valence-corrected chi connectivity index (χ4v) is 4.89. The van der Waals surface area contributed by atoms with Gasteiger partial charge in [0.2, 0.25) is 5.91 Å². The minimum absolute atomic E-state index is 0.0394. The van der Waals surface area contributed by atoms with E-state index in [0.29, 0.717) is 5.92 Å². The number of hydrogen-bond donors (Lipinski definition) is 1. The van der Waals surface area contributed by atoms with E-state index in [0.717, 1.165) is 38.1 Å². The highest BCUT2D eigenvalue weighted by molar-refractivity contribution is 7.90. The van der Waals surface area contributed by atoms with Gasteiger partial charge in [0.25, 0.3) is 5.69 Å². The van der Waals surface area contributed by atoms with E-state index in [-0.39, 0.29) is 34.8 Å². The first-order valence-electron chi connectivity index (χ1n) is 9.29. The van der Waals surface area contributed by atoms with Crippen molar-refractivity contribution in [2.75, 3.05) is 24.7 Å². The number of benzene rings is 1. The van der Waals surface area contributed by atoms with Crippen molar-refractivity contribution in [2.45, 2.75) is 49.5 Å². The topological polar surface area (TPSA) is 110 Å². The highest BCUT2D eigenvalue weighted by atomic mass is 32.2. The number of nitro benzene ring substituents is 1. The molecule has 1 aromatic carbocycles. The zero-order chi connectivity index (χ0) is 19.6. The molecule has 1 amide bonds. The average molecular weight is 395 g/mol. The molecule has 0 aromatic heterocycles. The molecule has 2 aliphatic rings. The van der Waals surface area contributed by atoms with Crippen molar-refractivity contribution < 1.29 is 18.1 Å². The highest BCUT2D eigenvalue weighted by Crippen LogP contribution is 2.35. The Bertz CT molecular complexity index is 837. The summed E-state index contributed by atoms with van der Waals surface area (Å²) in [7, 11) is -3.54. The molecule has 3 rings (SSSR count). The van der Waals surface area contributed by atoms with Crippen LogP contribution in [0.25, 0.3) is 0 Å². The first-order valence-corrected chi connectivity index (χ1v) is 11.2. The Morgan fingerprint density at radius 2 is 1.96 bits per heavy atom. The summed E-state index contributed by atoms with van der Waals surface area (Å²) in [6.07, 6.45) is 7.72. The largest absolute Gasteiger partial charge is 0.371 e. The number of likely N-dealkylation sites (tertiary alicyclic amines) is 1. The van der Waals surface area contributed by atoms with Crippen LogP contribution >= 0.6 is 0 Å². The molecule has 0 spiro atoms. The molecule has 148 valence electrons. The smallest absolute Gasteiger partial charge is 0.293 e. The van der Waals surface area contributed by atoms with Gasteiger partial charge in [0, 0.05) is 24.9 Å². The monoisotopic (exact) mass is 395 g/mol. The van der Waals surface area contributed by atoms with Gasteiger partial charge in [0.15, 0.2) is 9.84 Å². The van der Waals surface area contributed by atoms with Gasteiger partial charge in [-0.1, -0.05) is 12.8 Å². The van der Waals surface area contributed by atoms with Crippen LogP contribution in [0.2, 0.25) is 0 Å². The fraction of sp³-hybridized carbons (Fsp3) is 0.611. The molecular weight excluding hydrogens is 370 g/mol. The standard InChI is InChI=1S/C18H25N3O5S/c1-27(25,26)14-8-9-15(17(11-14)21(23)24)19-12-18(22)20-10-4-6-13-5-2-3-7-16(13)20/h8-9,11,13,16,19H,2-7,10,12H2,1H3/t13-,16+/m0/s1. The van der Waals surface area contributed by atoms with Crippen molar-refractivity contribution in [3.63, 3.8) is 0 Å². The van der Waals surface area contributed by atoms with E-state index in [1.165, 1.54) is 31.4 Å². The molecule has 0 radical (unpaired) electrons. The first-order chi connectivity index (χ1) is 12.8. The molecule has 2 fully saturated rings. The second-order valence-electron chi connectivity index (χ2n) is 7.40. The number of hydrogen-bond acceptors (Lipinski definition) is 6. The number of nitrogens with one attached hydrogen (secondary N) is 1. The number of carbonyl (C=O) groups is 1. The quantitative estimate of drug-likeness (QED) is 0.606. The SMILES string of the molecule is CS(=O)(=O)c1ccc(NCC(=O)N2CCC[C@@H]3CCCC[C@H]32)c([N+](=O)[O-])c1. The summed E-state index contributed by atoms with van der Waals surface area (Å²) >= 11 is 0. The molecule has 1 saturated heterocycles. The minimum atomic E-state index is -3.54. The Kier molecular flexibility index (Phi) is 5.69. The molecule has 1 N–H and O–H groups in total. The van der Waals surface area contributed by atoms with E-state index in [4.69, 9.17) is 0 Å². The molecule has 27 heavy (non-hydrogen) atoms. The molecule has 0 unspecified atom stereocenters. The second kappa shape index (κ2) is 7.84. The summed E-state index contributed by atoms with van der Waals surface area (Å²) in [6.45, 7) is 0.694. The third-order valence-corrected chi connectivity index (χ3v) is 6.70. The Morgan fingerprint density at radius 1 is 1.26 bits per heavy atom. The highest BCUT2D eigenvalue weighted by Gasteiger charge is 2.35. The zero-order valence-corrected chi connectivity index (χ0v) is 16.2. The Labute approximate surface area is 159 Å². The summed E-state index contributed by atoms with van der Waals surface area (Å²) in [5.74, 6) is 0.507. The lowest BCUT2D eigenvalue weighted by atomic mass is 9.78. The maximum atomic E-state index is 12.7. The van der Waals surface area contributed by atoms with Crippen molar-refractivity contribution in [3.05, 3.63) is 28.3 Å². The van der Waals surface area contributed by atoms with Gasteiger partial charge in [-0.05, 0) is 43.7 Å². The van der Waals surface area contributed by atoms with E-state index < -0.39 is 14.8 Å². The molecule has 9 heteroatoms. The fourth-order valence-electron chi connectivity index (χ4n) is 4.25. The predicted octanol–water partition coefficient (Wildman–Crippen LogP) is 2.59. The minimum Gasteiger partial charge on any atom is -0.371 e. The maximum Gasteiger partial charge on any atom is 0.293 e. The van der Waals surface area contributed by atoms with E-state index in [1.54, 1.807) is 0 Å². The average Bonchev–Trinajstić information content (AvgIpc) is 2.64. The van der Waals surface area contributed by atoms with Crippen molar-refractivity contribution in [1.82, 2.24) is 4.90 Å². The summed E-state index contributed by atoms with van der Waals surface area (Å²) in [5, 5.41) is 14.1. The Hall–Kier alpha value is -2.16. The number of piperidine rings is 1. The normalized spacial score (nSPS) is 22.8. The number of fused-ring (bicyclic) bond motifs is 1. The molecule has 8 nitrogen and oxygen atoms in total. The number of rotatable bonds is 5. The summed E-state index contributed by atoms with van der Waals surface area (Å²) in [6, 6.07) is 3.97. The molecule has 1 aliphatic heterocycles. The maximum absolute atomic E-state index is 12.7. The summed E-state index contributed by atoms with van der Waals surface area (Å²) < 4.78 is 23.2. The lowest BCUT2D eigenvalue weighted by Crippen LogP contribution is -2.51. The number of amides is 1. The van der Waals surface area contributed by atoms with Crippen LogP contribution in [0, 0.1) is 16.0 Å². The number of anilines is 1. The van der Waals surface area contributed by atoms with Crippen LogP contribution in [0.1, 0.15) is 38.5 Å². The number of sulfone groups is 1. The summed E-state index contributed by atoms with van der Waals surface area (Å²) in [5.41, 5.74) is -0.196. The lowest BCUT2D eigenvalue weighted by molar-refractivity contribution is -0.384. The van der Waals surface area contributed by atoms with E-state index in [9.17, 15) is 23.3 Å².